The van der Waals surface area contributed by atoms with E-state index in [2.05, 4.69) is 5.32 Å². The van der Waals surface area contributed by atoms with Crippen molar-refractivity contribution in [3.63, 3.8) is 0 Å². The molecule has 0 saturated carbocycles. The topological polar surface area (TPSA) is 83.1 Å². The first kappa shape index (κ1) is 29.9. The summed E-state index contributed by atoms with van der Waals surface area (Å²) in [5.41, 5.74) is 1.91. The van der Waals surface area contributed by atoms with Crippen LogP contribution in [-0.4, -0.2) is 48.9 Å². The number of hydrogen-bond donors (Lipinski definition) is 1. The fourth-order valence-electron chi connectivity index (χ4n) is 4.25. The molecule has 0 spiro atoms. The number of carbonyl (C=O) groups is 2. The molecule has 1 fully saturated rings. The lowest BCUT2D eigenvalue weighted by molar-refractivity contribution is -0.150. The number of carbonyl (C=O) groups excluding carboxylic acids is 2. The Morgan fingerprint density at radius 2 is 1.42 bits per heavy atom. The highest BCUT2D eigenvalue weighted by Gasteiger charge is 2.51. The molecule has 0 aromatic heterocycles. The molecule has 7 nitrogen and oxygen atoms in total. The molecule has 0 bridgehead atoms. The molecule has 1 saturated heterocycles. The lowest BCUT2D eigenvalue weighted by atomic mass is 9.78. The van der Waals surface area contributed by atoms with Crippen LogP contribution < -0.4 is 10.8 Å². The summed E-state index contributed by atoms with van der Waals surface area (Å²) in [7, 11) is -0.456. The molecule has 38 heavy (non-hydrogen) atoms. The number of nitrogens with one attached hydrogen (secondary N) is 1. The number of ether oxygens (including phenoxy) is 2. The third-order valence-corrected chi connectivity index (χ3v) is 7.13. The van der Waals surface area contributed by atoms with Crippen LogP contribution >= 0.6 is 0 Å². The molecule has 2 aromatic rings. The maximum atomic E-state index is 13.1. The average Bonchev–Trinajstić information content (AvgIpc) is 3.09. The standard InChI is InChI=1S/C30H42BNO6/c1-8-35-27(33)26(32-25(18-21(2)3)28(34)36-20-23-12-10-9-11-13-23)19-22-14-16-24(17-15-22)31-37-29(4,5)30(6,7)38-31/h9-17,21,25-26,32H,8,18-20H2,1-7H3/t25-,26-/m0/s1. The minimum absolute atomic E-state index is 0.181. The summed E-state index contributed by atoms with van der Waals surface area (Å²) in [4.78, 5) is 26.0. The van der Waals surface area contributed by atoms with Gasteiger partial charge in [-0.3, -0.25) is 14.9 Å². The molecule has 1 heterocycles. The van der Waals surface area contributed by atoms with E-state index >= 15 is 0 Å². The van der Waals surface area contributed by atoms with Crippen LogP contribution in [0.25, 0.3) is 0 Å². The molecule has 1 aliphatic heterocycles. The second-order valence-corrected chi connectivity index (χ2v) is 11.3. The maximum absolute atomic E-state index is 13.1. The summed E-state index contributed by atoms with van der Waals surface area (Å²) < 4.78 is 23.3. The highest BCUT2D eigenvalue weighted by molar-refractivity contribution is 6.62. The van der Waals surface area contributed by atoms with E-state index in [1.165, 1.54) is 0 Å². The van der Waals surface area contributed by atoms with Crippen molar-refractivity contribution in [1.29, 1.82) is 0 Å². The van der Waals surface area contributed by atoms with Crippen molar-refractivity contribution in [2.45, 2.75) is 91.2 Å². The molecule has 2 aromatic carbocycles. The third-order valence-electron chi connectivity index (χ3n) is 7.13. The number of rotatable bonds is 12. The predicted molar refractivity (Wildman–Crippen MR) is 149 cm³/mol. The first-order valence-electron chi connectivity index (χ1n) is 13.5. The number of benzene rings is 2. The maximum Gasteiger partial charge on any atom is 0.494 e. The molecule has 8 heteroatoms. The van der Waals surface area contributed by atoms with E-state index in [1.807, 2.05) is 96.1 Å². The van der Waals surface area contributed by atoms with Gasteiger partial charge in [-0.2, -0.15) is 0 Å². The van der Waals surface area contributed by atoms with Crippen molar-refractivity contribution in [1.82, 2.24) is 5.32 Å². The van der Waals surface area contributed by atoms with Gasteiger partial charge in [-0.1, -0.05) is 68.4 Å². The fraction of sp³-hybridized carbons (Fsp3) is 0.533. The summed E-state index contributed by atoms with van der Waals surface area (Å²) >= 11 is 0. The summed E-state index contributed by atoms with van der Waals surface area (Å²) in [6.07, 6.45) is 0.896. The first-order valence-corrected chi connectivity index (χ1v) is 13.5. The van der Waals surface area contributed by atoms with Gasteiger partial charge in [0.15, 0.2) is 0 Å². The van der Waals surface area contributed by atoms with E-state index in [1.54, 1.807) is 6.92 Å². The Morgan fingerprint density at radius 3 is 1.97 bits per heavy atom. The molecule has 0 unspecified atom stereocenters. The van der Waals surface area contributed by atoms with Crippen molar-refractivity contribution in [3.8, 4) is 0 Å². The Hall–Kier alpha value is -2.68. The molecular formula is C30H42BNO6. The number of hydrogen-bond acceptors (Lipinski definition) is 7. The Morgan fingerprint density at radius 1 is 0.842 bits per heavy atom. The second kappa shape index (κ2) is 12.9. The summed E-state index contributed by atoms with van der Waals surface area (Å²) in [5.74, 6) is -0.557. The zero-order chi connectivity index (χ0) is 27.9. The average molecular weight is 523 g/mol. The van der Waals surface area contributed by atoms with Crippen LogP contribution in [0.4, 0.5) is 0 Å². The van der Waals surface area contributed by atoms with Gasteiger partial charge >= 0.3 is 19.1 Å². The summed E-state index contributed by atoms with van der Waals surface area (Å²) in [6.45, 7) is 14.4. The van der Waals surface area contributed by atoms with Crippen molar-refractivity contribution in [2.24, 2.45) is 5.92 Å². The van der Waals surface area contributed by atoms with Crippen molar-refractivity contribution < 1.29 is 28.4 Å². The van der Waals surface area contributed by atoms with Gasteiger partial charge in [0.25, 0.3) is 0 Å². The molecule has 0 radical (unpaired) electrons. The van der Waals surface area contributed by atoms with E-state index in [4.69, 9.17) is 18.8 Å². The third kappa shape index (κ3) is 7.92. The van der Waals surface area contributed by atoms with Crippen LogP contribution in [0.5, 0.6) is 0 Å². The van der Waals surface area contributed by atoms with Gasteiger partial charge in [-0.15, -0.1) is 0 Å². The van der Waals surface area contributed by atoms with Gasteiger partial charge in [0.2, 0.25) is 0 Å². The van der Waals surface area contributed by atoms with Gasteiger partial charge in [0.05, 0.1) is 17.8 Å². The normalized spacial score (nSPS) is 17.7. The van der Waals surface area contributed by atoms with Crippen LogP contribution in [0.15, 0.2) is 54.6 Å². The van der Waals surface area contributed by atoms with Gasteiger partial charge in [0, 0.05) is 0 Å². The molecule has 206 valence electrons. The predicted octanol–water partition coefficient (Wildman–Crippen LogP) is 4.21. The minimum atomic E-state index is -0.703. The van der Waals surface area contributed by atoms with E-state index in [9.17, 15) is 9.59 Å². The largest absolute Gasteiger partial charge is 0.494 e. The Kier molecular flexibility index (Phi) is 10.2. The van der Waals surface area contributed by atoms with Gasteiger partial charge in [-0.25, -0.2) is 0 Å². The Labute approximate surface area is 227 Å². The fourth-order valence-corrected chi connectivity index (χ4v) is 4.25. The van der Waals surface area contributed by atoms with E-state index in [-0.39, 0.29) is 25.1 Å². The molecule has 2 atom stereocenters. The minimum Gasteiger partial charge on any atom is -0.465 e. The second-order valence-electron chi connectivity index (χ2n) is 11.3. The van der Waals surface area contributed by atoms with Gasteiger partial charge < -0.3 is 18.8 Å². The summed E-state index contributed by atoms with van der Waals surface area (Å²) in [6, 6.07) is 16.0. The Bertz CT molecular complexity index is 1040. The zero-order valence-corrected chi connectivity index (χ0v) is 23.8. The zero-order valence-electron chi connectivity index (χ0n) is 23.8. The molecular weight excluding hydrogens is 481 g/mol. The SMILES string of the molecule is CCOC(=O)[C@H](Cc1ccc(B2OC(C)(C)C(C)(C)O2)cc1)N[C@@H](CC(C)C)C(=O)OCc1ccccc1. The molecule has 1 aliphatic rings. The quantitative estimate of drug-likeness (QED) is 0.330. The van der Waals surface area contributed by atoms with Gasteiger partial charge in [-0.05, 0) is 70.0 Å². The van der Waals surface area contributed by atoms with Crippen LogP contribution in [0.3, 0.4) is 0 Å². The van der Waals surface area contributed by atoms with Crippen LogP contribution in [0, 0.1) is 5.92 Å². The van der Waals surface area contributed by atoms with Crippen molar-refractivity contribution in [2.75, 3.05) is 6.61 Å². The smallest absolute Gasteiger partial charge is 0.465 e. The molecule has 0 amide bonds. The van der Waals surface area contributed by atoms with E-state index < -0.39 is 36.4 Å². The van der Waals surface area contributed by atoms with Crippen LogP contribution in [0.2, 0.25) is 0 Å². The van der Waals surface area contributed by atoms with Crippen LogP contribution in [0.1, 0.15) is 66.0 Å². The first-order chi connectivity index (χ1) is 17.9. The molecule has 1 N–H and O–H groups in total. The highest BCUT2D eigenvalue weighted by atomic mass is 16.7. The van der Waals surface area contributed by atoms with Crippen molar-refractivity contribution >= 4 is 24.5 Å². The molecule has 3 rings (SSSR count). The molecule has 0 aliphatic carbocycles. The van der Waals surface area contributed by atoms with E-state index in [0.29, 0.717) is 12.8 Å². The monoisotopic (exact) mass is 523 g/mol. The van der Waals surface area contributed by atoms with Crippen molar-refractivity contribution in [3.05, 3.63) is 65.7 Å². The summed E-state index contributed by atoms with van der Waals surface area (Å²) in [5, 5.41) is 3.25. The lowest BCUT2D eigenvalue weighted by Gasteiger charge is -2.32. The number of esters is 2. The van der Waals surface area contributed by atoms with E-state index in [0.717, 1.165) is 16.6 Å². The van der Waals surface area contributed by atoms with Gasteiger partial charge in [0.1, 0.15) is 18.7 Å². The lowest BCUT2D eigenvalue weighted by Crippen LogP contribution is -2.50. The van der Waals surface area contributed by atoms with Crippen LogP contribution in [-0.2, 0) is 41.4 Å². The highest BCUT2D eigenvalue weighted by Crippen LogP contribution is 2.36. The Balaban J connectivity index is 1.71.